The fraction of sp³-hybridized carbons (Fsp3) is 0.429. The van der Waals surface area contributed by atoms with Crippen LogP contribution in [0.15, 0.2) is 61.6 Å². The van der Waals surface area contributed by atoms with E-state index in [4.69, 9.17) is 0 Å². The fourth-order valence-electron chi connectivity index (χ4n) is 4.06. The number of rotatable bonds is 6. The standard InChI is InChI=1S/C21H26BrN3O2S2/c1-24(2)29(26,27)16-7-8-21(28-20-6-4-3-5-17(20)22)18(13-16)23-19-14-25-11-9-15(19)10-12-25/h3-8,13,15,19,23H,9-12,14H2,1-2H3. The van der Waals surface area contributed by atoms with Crippen molar-refractivity contribution in [2.24, 2.45) is 5.92 Å². The predicted octanol–water partition coefficient (Wildman–Crippen LogP) is 4.36. The van der Waals surface area contributed by atoms with E-state index in [0.717, 1.165) is 26.5 Å². The summed E-state index contributed by atoms with van der Waals surface area (Å²) in [5.74, 6) is 0.649. The molecule has 5 nitrogen and oxygen atoms in total. The third-order valence-electron chi connectivity index (χ3n) is 5.78. The first-order valence-corrected chi connectivity index (χ1v) is 12.9. The molecule has 3 saturated heterocycles. The highest BCUT2D eigenvalue weighted by atomic mass is 79.9. The van der Waals surface area contributed by atoms with Crippen LogP contribution in [0.3, 0.4) is 0 Å². The molecule has 0 radical (unpaired) electrons. The zero-order valence-electron chi connectivity index (χ0n) is 16.6. The zero-order chi connectivity index (χ0) is 20.6. The maximum absolute atomic E-state index is 12.7. The van der Waals surface area contributed by atoms with Crippen LogP contribution in [0.25, 0.3) is 0 Å². The topological polar surface area (TPSA) is 52.7 Å². The van der Waals surface area contributed by atoms with E-state index in [2.05, 4.69) is 32.2 Å². The van der Waals surface area contributed by atoms with Gasteiger partial charge in [0, 0.05) is 46.6 Å². The summed E-state index contributed by atoms with van der Waals surface area (Å²) in [6, 6.07) is 13.9. The van der Waals surface area contributed by atoms with Crippen molar-refractivity contribution in [1.82, 2.24) is 9.21 Å². The number of hydrogen-bond donors (Lipinski definition) is 1. The third-order valence-corrected chi connectivity index (χ3v) is 9.70. The molecule has 0 amide bonds. The fourth-order valence-corrected chi connectivity index (χ4v) is 6.43. The Labute approximate surface area is 186 Å². The Morgan fingerprint density at radius 2 is 1.83 bits per heavy atom. The van der Waals surface area contributed by atoms with Crippen LogP contribution in [0, 0.1) is 5.92 Å². The second-order valence-corrected chi connectivity index (χ2v) is 12.0. The molecule has 5 rings (SSSR count). The first-order valence-electron chi connectivity index (χ1n) is 9.82. The molecule has 1 N–H and O–H groups in total. The molecule has 2 aromatic rings. The van der Waals surface area contributed by atoms with Gasteiger partial charge in [-0.3, -0.25) is 0 Å². The number of sulfonamides is 1. The van der Waals surface area contributed by atoms with Gasteiger partial charge in [-0.15, -0.1) is 0 Å². The second-order valence-electron chi connectivity index (χ2n) is 7.87. The SMILES string of the molecule is CN(C)S(=O)(=O)c1ccc(Sc2ccccc2Br)c(NC2CN3CCC2CC3)c1. The number of nitrogens with zero attached hydrogens (tertiary/aromatic N) is 2. The molecule has 3 heterocycles. The summed E-state index contributed by atoms with van der Waals surface area (Å²) in [5, 5.41) is 3.71. The summed E-state index contributed by atoms with van der Waals surface area (Å²) in [5.41, 5.74) is 0.896. The molecule has 2 bridgehead atoms. The summed E-state index contributed by atoms with van der Waals surface area (Å²) in [6.45, 7) is 3.38. The van der Waals surface area contributed by atoms with Crippen LogP contribution in [-0.2, 0) is 10.0 Å². The largest absolute Gasteiger partial charge is 0.380 e. The van der Waals surface area contributed by atoms with E-state index in [0.29, 0.717) is 16.9 Å². The van der Waals surface area contributed by atoms with Gasteiger partial charge < -0.3 is 10.2 Å². The van der Waals surface area contributed by atoms with Gasteiger partial charge in [0.25, 0.3) is 0 Å². The van der Waals surface area contributed by atoms with Crippen molar-refractivity contribution in [2.75, 3.05) is 39.0 Å². The molecule has 0 aromatic heterocycles. The molecule has 3 aliphatic rings. The number of benzene rings is 2. The molecular formula is C21H26BrN3O2S2. The van der Waals surface area contributed by atoms with Gasteiger partial charge >= 0.3 is 0 Å². The van der Waals surface area contributed by atoms with E-state index in [1.54, 1.807) is 38.0 Å². The second kappa shape index (κ2) is 8.59. The van der Waals surface area contributed by atoms with Crippen LogP contribution >= 0.6 is 27.7 Å². The summed E-state index contributed by atoms with van der Waals surface area (Å²) in [7, 11) is -0.346. The predicted molar refractivity (Wildman–Crippen MR) is 122 cm³/mol. The lowest BCUT2D eigenvalue weighted by Crippen LogP contribution is -2.53. The number of anilines is 1. The molecule has 0 aliphatic carbocycles. The van der Waals surface area contributed by atoms with E-state index in [1.165, 1.54) is 30.2 Å². The van der Waals surface area contributed by atoms with Crippen molar-refractivity contribution >= 4 is 43.4 Å². The van der Waals surface area contributed by atoms with Crippen molar-refractivity contribution in [2.45, 2.75) is 33.6 Å². The van der Waals surface area contributed by atoms with Crippen molar-refractivity contribution in [3.63, 3.8) is 0 Å². The smallest absolute Gasteiger partial charge is 0.242 e. The average Bonchev–Trinajstić information content (AvgIpc) is 2.71. The highest BCUT2D eigenvalue weighted by molar-refractivity contribution is 9.10. The lowest BCUT2D eigenvalue weighted by molar-refractivity contribution is 0.0974. The summed E-state index contributed by atoms with van der Waals surface area (Å²) < 4.78 is 27.7. The van der Waals surface area contributed by atoms with E-state index in [9.17, 15) is 8.42 Å². The maximum Gasteiger partial charge on any atom is 0.242 e. The van der Waals surface area contributed by atoms with Gasteiger partial charge in [-0.25, -0.2) is 12.7 Å². The van der Waals surface area contributed by atoms with Crippen LogP contribution in [0.1, 0.15) is 12.8 Å². The normalized spacial score (nSPS) is 24.1. The highest BCUT2D eigenvalue weighted by Gasteiger charge is 2.34. The number of hydrogen-bond acceptors (Lipinski definition) is 5. The Hall–Kier alpha value is -1.06. The zero-order valence-corrected chi connectivity index (χ0v) is 19.9. The van der Waals surface area contributed by atoms with Crippen LogP contribution in [-0.4, -0.2) is 57.4 Å². The highest BCUT2D eigenvalue weighted by Crippen LogP contribution is 2.40. The summed E-state index contributed by atoms with van der Waals surface area (Å²) >= 11 is 5.26. The first-order chi connectivity index (χ1) is 13.8. The minimum Gasteiger partial charge on any atom is -0.380 e. The minimum atomic E-state index is -3.48. The average molecular weight is 496 g/mol. The number of nitrogens with one attached hydrogen (secondary N) is 1. The van der Waals surface area contributed by atoms with E-state index >= 15 is 0 Å². The molecule has 3 fully saturated rings. The quantitative estimate of drug-likeness (QED) is 0.645. The Morgan fingerprint density at radius 3 is 2.45 bits per heavy atom. The molecule has 156 valence electrons. The van der Waals surface area contributed by atoms with Gasteiger partial charge in [0.15, 0.2) is 0 Å². The van der Waals surface area contributed by atoms with E-state index in [1.807, 2.05) is 24.3 Å². The molecule has 1 atom stereocenters. The Morgan fingerprint density at radius 1 is 1.10 bits per heavy atom. The molecule has 29 heavy (non-hydrogen) atoms. The molecule has 0 saturated carbocycles. The van der Waals surface area contributed by atoms with Crippen molar-refractivity contribution in [3.8, 4) is 0 Å². The Balaban J connectivity index is 1.69. The molecule has 1 unspecified atom stereocenters. The number of halogens is 1. The van der Waals surface area contributed by atoms with Crippen LogP contribution in [0.5, 0.6) is 0 Å². The van der Waals surface area contributed by atoms with Crippen molar-refractivity contribution in [1.29, 1.82) is 0 Å². The maximum atomic E-state index is 12.7. The van der Waals surface area contributed by atoms with E-state index < -0.39 is 10.0 Å². The molecule has 0 spiro atoms. The Kier molecular flexibility index (Phi) is 6.27. The van der Waals surface area contributed by atoms with Gasteiger partial charge in [-0.1, -0.05) is 23.9 Å². The van der Waals surface area contributed by atoms with Gasteiger partial charge in [0.05, 0.1) is 4.90 Å². The van der Waals surface area contributed by atoms with Crippen LogP contribution in [0.2, 0.25) is 0 Å². The lowest BCUT2D eigenvalue weighted by atomic mass is 9.84. The first kappa shape index (κ1) is 21.2. The van der Waals surface area contributed by atoms with Gasteiger partial charge in [-0.2, -0.15) is 0 Å². The molecule has 2 aromatic carbocycles. The van der Waals surface area contributed by atoms with E-state index in [-0.39, 0.29) is 0 Å². The molecule has 3 aliphatic heterocycles. The molecular weight excluding hydrogens is 470 g/mol. The third kappa shape index (κ3) is 4.51. The lowest BCUT2D eigenvalue weighted by Gasteiger charge is -2.45. The Bertz CT molecular complexity index is 989. The number of piperidine rings is 3. The minimum absolute atomic E-state index is 0.322. The summed E-state index contributed by atoms with van der Waals surface area (Å²) in [4.78, 5) is 4.96. The van der Waals surface area contributed by atoms with Gasteiger partial charge in [-0.05, 0) is 78.1 Å². The van der Waals surface area contributed by atoms with Crippen molar-refractivity contribution in [3.05, 3.63) is 46.9 Å². The summed E-state index contributed by atoms with van der Waals surface area (Å²) in [6.07, 6.45) is 2.42. The van der Waals surface area contributed by atoms with Crippen LogP contribution in [0.4, 0.5) is 5.69 Å². The number of fused-ring (bicyclic) bond motifs is 3. The molecule has 8 heteroatoms. The van der Waals surface area contributed by atoms with Gasteiger partial charge in [0.2, 0.25) is 10.0 Å². The monoisotopic (exact) mass is 495 g/mol. The van der Waals surface area contributed by atoms with Gasteiger partial charge in [0.1, 0.15) is 0 Å². The van der Waals surface area contributed by atoms with Crippen molar-refractivity contribution < 1.29 is 8.42 Å². The van der Waals surface area contributed by atoms with Crippen LogP contribution < -0.4 is 5.32 Å².